The first-order valence-corrected chi connectivity index (χ1v) is 6.44. The lowest BCUT2D eigenvalue weighted by atomic mass is 9.94. The van der Waals surface area contributed by atoms with Crippen molar-refractivity contribution < 1.29 is 4.79 Å². The molecule has 1 aliphatic rings. The molecule has 1 amide bonds. The molecule has 18 heavy (non-hydrogen) atoms. The number of likely N-dealkylation sites (tertiary alicyclic amines) is 1. The van der Waals surface area contributed by atoms with Gasteiger partial charge in [0.25, 0.3) is 0 Å². The van der Waals surface area contributed by atoms with E-state index < -0.39 is 0 Å². The third kappa shape index (κ3) is 1.78. The van der Waals surface area contributed by atoms with E-state index in [0.29, 0.717) is 5.92 Å². The quantitative estimate of drug-likeness (QED) is 0.766. The molecular formula is C14H17N3O. The van der Waals surface area contributed by atoms with Gasteiger partial charge in [-0.2, -0.15) is 0 Å². The van der Waals surface area contributed by atoms with Gasteiger partial charge in [0.1, 0.15) is 0 Å². The van der Waals surface area contributed by atoms with Gasteiger partial charge in [-0.05, 0) is 31.4 Å². The summed E-state index contributed by atoms with van der Waals surface area (Å²) >= 11 is 0. The van der Waals surface area contributed by atoms with Gasteiger partial charge in [-0.25, -0.2) is 0 Å². The van der Waals surface area contributed by atoms with Gasteiger partial charge in [-0.3, -0.25) is 9.78 Å². The second-order valence-corrected chi connectivity index (χ2v) is 4.93. The van der Waals surface area contributed by atoms with Crippen LogP contribution in [0.15, 0.2) is 24.5 Å². The average Bonchev–Trinajstić information content (AvgIpc) is 2.77. The van der Waals surface area contributed by atoms with Gasteiger partial charge in [0.2, 0.25) is 6.41 Å². The molecule has 0 radical (unpaired) electrons. The number of pyridine rings is 1. The van der Waals surface area contributed by atoms with E-state index in [1.807, 2.05) is 11.1 Å². The van der Waals surface area contributed by atoms with Gasteiger partial charge in [0.05, 0.1) is 11.2 Å². The number of aryl methyl sites for hydroxylation is 1. The van der Waals surface area contributed by atoms with Crippen LogP contribution in [0.1, 0.15) is 12.6 Å². The molecule has 0 saturated carbocycles. The molecule has 1 aliphatic heterocycles. The maximum absolute atomic E-state index is 10.6. The van der Waals surface area contributed by atoms with Crippen molar-refractivity contribution in [3.63, 3.8) is 0 Å². The molecule has 0 aromatic carbocycles. The number of hydrogen-bond donors (Lipinski definition) is 0. The number of hydrogen-bond acceptors (Lipinski definition) is 2. The Morgan fingerprint density at radius 3 is 3.00 bits per heavy atom. The number of aromatic nitrogens is 2. The number of carbonyl (C=O) groups is 1. The predicted molar refractivity (Wildman–Crippen MR) is 70.2 cm³/mol. The van der Waals surface area contributed by atoms with E-state index in [-0.39, 0.29) is 0 Å². The highest BCUT2D eigenvalue weighted by atomic mass is 16.1. The van der Waals surface area contributed by atoms with E-state index in [4.69, 9.17) is 0 Å². The molecule has 0 spiro atoms. The monoisotopic (exact) mass is 243 g/mol. The molecule has 2 aromatic rings. The van der Waals surface area contributed by atoms with Crippen molar-refractivity contribution in [2.45, 2.75) is 19.9 Å². The molecule has 4 nitrogen and oxygen atoms in total. The van der Waals surface area contributed by atoms with Crippen LogP contribution >= 0.6 is 0 Å². The van der Waals surface area contributed by atoms with Gasteiger partial charge in [-0.15, -0.1) is 0 Å². The van der Waals surface area contributed by atoms with E-state index >= 15 is 0 Å². The molecule has 3 rings (SSSR count). The zero-order valence-corrected chi connectivity index (χ0v) is 10.5. The highest BCUT2D eigenvalue weighted by molar-refractivity contribution is 5.82. The summed E-state index contributed by atoms with van der Waals surface area (Å²) in [5.74, 6) is 0.563. The third-order valence-corrected chi connectivity index (χ3v) is 3.71. The summed E-state index contributed by atoms with van der Waals surface area (Å²) in [6.07, 6.45) is 5.90. The summed E-state index contributed by atoms with van der Waals surface area (Å²) in [6.45, 7) is 4.85. The van der Waals surface area contributed by atoms with Crippen LogP contribution < -0.4 is 0 Å². The average molecular weight is 243 g/mol. The van der Waals surface area contributed by atoms with Crippen molar-refractivity contribution in [1.82, 2.24) is 14.5 Å². The number of nitrogens with zero attached hydrogens (tertiary/aromatic N) is 3. The Hall–Kier alpha value is -1.84. The summed E-state index contributed by atoms with van der Waals surface area (Å²) in [5.41, 5.74) is 2.42. The standard InChI is InChI=1S/C14H17N3O/c1-2-17-6-4-12-3-5-15-13(14(12)17)7-11-8-16(9-11)10-18/h3-6,10-11H,2,7-9H2,1H3. The van der Waals surface area contributed by atoms with Crippen molar-refractivity contribution >= 4 is 17.3 Å². The Morgan fingerprint density at radius 1 is 1.44 bits per heavy atom. The molecule has 1 fully saturated rings. The molecule has 0 aliphatic carbocycles. The number of fused-ring (bicyclic) bond motifs is 1. The Balaban J connectivity index is 1.87. The topological polar surface area (TPSA) is 38.1 Å². The fraction of sp³-hybridized carbons (Fsp3) is 0.429. The lowest BCUT2D eigenvalue weighted by Crippen LogP contribution is -2.46. The van der Waals surface area contributed by atoms with Crippen LogP contribution in [-0.2, 0) is 17.8 Å². The second-order valence-electron chi connectivity index (χ2n) is 4.93. The Labute approximate surface area is 106 Å². The van der Waals surface area contributed by atoms with Crippen molar-refractivity contribution in [2.24, 2.45) is 5.92 Å². The van der Waals surface area contributed by atoms with E-state index in [9.17, 15) is 4.79 Å². The first-order chi connectivity index (χ1) is 8.81. The van der Waals surface area contributed by atoms with Crippen LogP contribution in [0.5, 0.6) is 0 Å². The van der Waals surface area contributed by atoms with E-state index in [1.165, 1.54) is 10.9 Å². The summed E-state index contributed by atoms with van der Waals surface area (Å²) in [4.78, 5) is 16.9. The van der Waals surface area contributed by atoms with Crippen molar-refractivity contribution in [1.29, 1.82) is 0 Å². The highest BCUT2D eigenvalue weighted by Crippen LogP contribution is 2.24. The number of amides is 1. The van der Waals surface area contributed by atoms with E-state index in [0.717, 1.165) is 38.2 Å². The molecule has 0 unspecified atom stereocenters. The minimum Gasteiger partial charge on any atom is -0.346 e. The normalized spacial score (nSPS) is 15.9. The SMILES string of the molecule is CCn1ccc2ccnc(CC3CN(C=O)C3)c21. The lowest BCUT2D eigenvalue weighted by molar-refractivity contribution is -0.123. The third-order valence-electron chi connectivity index (χ3n) is 3.71. The largest absolute Gasteiger partial charge is 0.346 e. The van der Waals surface area contributed by atoms with Crippen LogP contribution in [0.2, 0.25) is 0 Å². The molecule has 0 atom stereocenters. The number of carbonyl (C=O) groups excluding carboxylic acids is 1. The predicted octanol–water partition coefficient (Wildman–Crippen LogP) is 1.69. The Bertz CT molecular complexity index is 569. The fourth-order valence-corrected chi connectivity index (χ4v) is 2.74. The maximum Gasteiger partial charge on any atom is 0.209 e. The minimum absolute atomic E-state index is 0.563. The van der Waals surface area contributed by atoms with Crippen molar-refractivity contribution in [3.05, 3.63) is 30.2 Å². The van der Waals surface area contributed by atoms with Gasteiger partial charge in [0, 0.05) is 37.4 Å². The molecule has 2 aromatic heterocycles. The van der Waals surface area contributed by atoms with Crippen LogP contribution in [0.3, 0.4) is 0 Å². The molecule has 0 N–H and O–H groups in total. The van der Waals surface area contributed by atoms with E-state index in [2.05, 4.69) is 34.8 Å². The smallest absolute Gasteiger partial charge is 0.209 e. The Kier molecular flexibility index (Phi) is 2.78. The molecule has 3 heterocycles. The lowest BCUT2D eigenvalue weighted by Gasteiger charge is -2.36. The van der Waals surface area contributed by atoms with Crippen molar-refractivity contribution in [2.75, 3.05) is 13.1 Å². The molecule has 94 valence electrons. The molecule has 4 heteroatoms. The summed E-state index contributed by atoms with van der Waals surface area (Å²) < 4.78 is 2.24. The highest BCUT2D eigenvalue weighted by Gasteiger charge is 2.26. The van der Waals surface area contributed by atoms with Crippen LogP contribution in [0.25, 0.3) is 10.9 Å². The maximum atomic E-state index is 10.6. The first kappa shape index (κ1) is 11.3. The van der Waals surface area contributed by atoms with Gasteiger partial charge >= 0.3 is 0 Å². The van der Waals surface area contributed by atoms with E-state index in [1.54, 1.807) is 0 Å². The van der Waals surface area contributed by atoms with Gasteiger partial charge in [-0.1, -0.05) is 0 Å². The summed E-state index contributed by atoms with van der Waals surface area (Å²) in [7, 11) is 0. The molecular weight excluding hydrogens is 226 g/mol. The summed E-state index contributed by atoms with van der Waals surface area (Å²) in [5, 5.41) is 1.26. The minimum atomic E-state index is 0.563. The zero-order valence-electron chi connectivity index (χ0n) is 10.5. The van der Waals surface area contributed by atoms with Crippen LogP contribution in [-0.4, -0.2) is 34.0 Å². The van der Waals surface area contributed by atoms with Gasteiger partial charge < -0.3 is 9.47 Å². The van der Waals surface area contributed by atoms with Crippen LogP contribution in [0.4, 0.5) is 0 Å². The number of rotatable bonds is 4. The first-order valence-electron chi connectivity index (χ1n) is 6.44. The van der Waals surface area contributed by atoms with Crippen LogP contribution in [0, 0.1) is 5.92 Å². The summed E-state index contributed by atoms with van der Waals surface area (Å²) in [6, 6.07) is 4.20. The molecule has 1 saturated heterocycles. The second kappa shape index (κ2) is 4.44. The van der Waals surface area contributed by atoms with Crippen molar-refractivity contribution in [3.8, 4) is 0 Å². The molecule has 0 bridgehead atoms. The van der Waals surface area contributed by atoms with Gasteiger partial charge in [0.15, 0.2) is 0 Å². The Morgan fingerprint density at radius 2 is 2.28 bits per heavy atom. The fourth-order valence-electron chi connectivity index (χ4n) is 2.74. The zero-order chi connectivity index (χ0) is 12.5.